The van der Waals surface area contributed by atoms with Crippen LogP contribution in [0.5, 0.6) is 0 Å². The van der Waals surface area contributed by atoms with Gasteiger partial charge >= 0.3 is 7.12 Å². The molecule has 0 saturated carbocycles. The maximum atomic E-state index is 14.5. The quantitative estimate of drug-likeness (QED) is 0.00860. The fourth-order valence-corrected chi connectivity index (χ4v) is 13.9. The molecule has 10 aromatic carbocycles. The van der Waals surface area contributed by atoms with Crippen LogP contribution in [0.15, 0.2) is 217 Å². The number of ether oxygens (including phenoxy) is 5. The Hall–Kier alpha value is -8.78. The molecule has 5 aliphatic rings. The monoisotopic (exact) mass is 1820 g/mol. The molecule has 5 heterocycles. The van der Waals surface area contributed by atoms with Crippen molar-refractivity contribution in [2.24, 2.45) is 10.8 Å². The molecule has 0 radical (unpaired) electrons. The first kappa shape index (κ1) is 94.7. The molecule has 118 heavy (non-hydrogen) atoms. The van der Waals surface area contributed by atoms with Crippen LogP contribution in [-0.2, 0) is 76.8 Å². The first-order valence-corrected chi connectivity index (χ1v) is 40.6. The molecular formula is C92H107BF5IN9O9Pd-. The summed E-state index contributed by atoms with van der Waals surface area (Å²) in [6.45, 7) is 20.1. The van der Waals surface area contributed by atoms with E-state index in [0.717, 1.165) is 144 Å². The molecule has 0 aromatic heterocycles. The predicted molar refractivity (Wildman–Crippen MR) is 468 cm³/mol. The predicted octanol–water partition coefficient (Wildman–Crippen LogP) is 18.9. The van der Waals surface area contributed by atoms with E-state index in [1.807, 2.05) is 155 Å². The summed E-state index contributed by atoms with van der Waals surface area (Å²) >= 11 is 1.99. The van der Waals surface area contributed by atoms with Crippen molar-refractivity contribution in [3.63, 3.8) is 0 Å². The molecule has 18 nitrogen and oxygen atoms in total. The van der Waals surface area contributed by atoms with E-state index in [4.69, 9.17) is 55.2 Å². The third kappa shape index (κ3) is 26.6. The largest absolute Gasteiger partial charge is 0.488 e. The summed E-state index contributed by atoms with van der Waals surface area (Å²) in [4.78, 5) is 13.0. The van der Waals surface area contributed by atoms with Crippen LogP contribution < -0.4 is 35.7 Å². The minimum atomic E-state index is -1.43. The van der Waals surface area contributed by atoms with Crippen LogP contribution in [0.1, 0.15) is 101 Å². The van der Waals surface area contributed by atoms with E-state index < -0.39 is 7.12 Å². The number of hydrogen-bond donors (Lipinski definition) is 5. The van der Waals surface area contributed by atoms with E-state index in [9.17, 15) is 22.0 Å². The SMILES string of the molecule is CC[C@H]1CN(c2ccc(-c3ccc(CN)cc3)c(F)c2)CO1.CC[C@H]1CN(c2ccc(-c3ccc(CN=[N+]=[N-])cc3)c(F)c2)CO1.CC[C@H]1CN(c2ccc(-c3ccc(CO)cc3)c(F)c2)CO1.CC[C@H]1CN(c2ccc(I)c(F)c2)CO1.CCc1ccc(-c2ccc(N3CO[C@@H](CC)C3)cc2F)cc1.OCc1ccc(B(O)O)cc1.[CH3-].[Pd]. The summed E-state index contributed by atoms with van der Waals surface area (Å²) in [6.07, 6.45) is 7.12. The molecule has 0 unspecified atom stereocenters. The number of aliphatic hydroxyl groups is 2. The number of hydrogen-bond acceptors (Lipinski definition) is 16. The molecule has 15 rings (SSSR count). The van der Waals surface area contributed by atoms with E-state index in [-0.39, 0.29) is 101 Å². The van der Waals surface area contributed by atoms with Crippen molar-refractivity contribution in [3.8, 4) is 44.5 Å². The fourth-order valence-electron chi connectivity index (χ4n) is 13.5. The number of benzene rings is 10. The van der Waals surface area contributed by atoms with Gasteiger partial charge in [-0.15, -0.1) is 0 Å². The van der Waals surface area contributed by atoms with Gasteiger partial charge in [0, 0.05) is 119 Å². The first-order valence-electron chi connectivity index (χ1n) is 39.5. The second kappa shape index (κ2) is 47.9. The zero-order valence-electron chi connectivity index (χ0n) is 67.9. The maximum absolute atomic E-state index is 14.5. The van der Waals surface area contributed by atoms with E-state index in [1.165, 1.54) is 5.56 Å². The Kier molecular flexibility index (Phi) is 38.4. The summed E-state index contributed by atoms with van der Waals surface area (Å²) in [5.74, 6) is -1.04. The molecule has 0 aliphatic carbocycles. The Labute approximate surface area is 718 Å². The number of anilines is 5. The number of aryl methyl sites for hydroxylation is 1. The van der Waals surface area contributed by atoms with Crippen molar-refractivity contribution in [3.05, 3.63) is 291 Å². The number of halogens is 6. The van der Waals surface area contributed by atoms with Gasteiger partial charge in [-0.1, -0.05) is 168 Å². The average molecular weight is 1820 g/mol. The van der Waals surface area contributed by atoms with Crippen LogP contribution in [0.4, 0.5) is 50.4 Å². The van der Waals surface area contributed by atoms with Crippen molar-refractivity contribution < 1.29 is 86.3 Å². The third-order valence-electron chi connectivity index (χ3n) is 20.9. The minimum Gasteiger partial charge on any atom is -0.423 e. The number of aliphatic hydroxyl groups excluding tert-OH is 2. The van der Waals surface area contributed by atoms with Gasteiger partial charge in [0.05, 0.1) is 50.3 Å². The van der Waals surface area contributed by atoms with Crippen molar-refractivity contribution in [2.45, 2.75) is 137 Å². The van der Waals surface area contributed by atoms with Gasteiger partial charge in [0.25, 0.3) is 0 Å². The van der Waals surface area contributed by atoms with E-state index in [0.29, 0.717) is 78.0 Å². The average Bonchev–Trinajstić information content (AvgIpc) is 1.40. The molecule has 6 N–H and O–H groups in total. The molecule has 5 aliphatic heterocycles. The summed E-state index contributed by atoms with van der Waals surface area (Å²) in [6, 6.07) is 63.6. The van der Waals surface area contributed by atoms with E-state index >= 15 is 0 Å². The van der Waals surface area contributed by atoms with Gasteiger partial charge in [0.2, 0.25) is 0 Å². The molecule has 5 fully saturated rings. The number of azide groups is 1. The standard InChI is InChI=1S/C19H22FNO.C18H19FN4O.C18H21FN2O.C18H20FNO2.C11H13FINO.C7H9BO3.CH3.Pd/c1-3-14-5-7-15(8-6-14)18-10-9-16(11-19(18)20)21-12-17(4-2)22-13-21;1-2-16-11-23(12-24-16)15-7-8-17(18(19)9-15)14-5-3-13(4-6-14)10-21-22-20;1-2-16-11-21(12-22-16)15-7-8-17(18(19)9-15)14-5-3-13(10-20)4-6-14;1-2-16-10-20(12-22-16)15-7-8-17(18(19)9-15)14-5-3-13(11-21)4-6-14;1-2-9-6-14(7-15-9)8-3-4-11(13)10(12)5-8;9-5-6-1-3-7(4-2-6)8(10)11;;/h5-11,17H,3-4,12-13H2,1-2H3;3-9,16H,2,10-12H2,1H3;3-9,16H,2,10-12,20H2,1H3;3-9,16,21H,2,10-12H2,1H3;3-5,9H,2,6-7H2,1H3;1-4,9-11H,5H2;1H3;/q;;;;;;-1;/t17-;3*16-;9-;;;/m00000.../s1. The summed E-state index contributed by atoms with van der Waals surface area (Å²) in [7, 11) is -1.43. The Morgan fingerprint density at radius 1 is 0.398 bits per heavy atom. The summed E-state index contributed by atoms with van der Waals surface area (Å²) in [5.41, 5.74) is 29.3. The fraction of sp³-hybridized carbons (Fsp3) is 0.337. The van der Waals surface area contributed by atoms with Crippen molar-refractivity contribution in [2.75, 3.05) is 90.9 Å². The van der Waals surface area contributed by atoms with Gasteiger partial charge < -0.3 is 81.6 Å². The molecule has 0 bridgehead atoms. The molecule has 0 amide bonds. The van der Waals surface area contributed by atoms with Crippen LogP contribution in [0.3, 0.4) is 0 Å². The van der Waals surface area contributed by atoms with Crippen LogP contribution in [0.25, 0.3) is 55.0 Å². The van der Waals surface area contributed by atoms with E-state index in [2.05, 4.69) is 83.3 Å². The summed E-state index contributed by atoms with van der Waals surface area (Å²) in [5, 5.41) is 38.6. The molecule has 5 atom stereocenters. The Balaban J connectivity index is 0.000000178. The van der Waals surface area contributed by atoms with Gasteiger partial charge in [-0.3, -0.25) is 0 Å². The van der Waals surface area contributed by atoms with E-state index in [1.54, 1.807) is 72.8 Å². The molecule has 0 spiro atoms. The zero-order valence-corrected chi connectivity index (χ0v) is 71.6. The van der Waals surface area contributed by atoms with Crippen LogP contribution in [0.2, 0.25) is 0 Å². The number of nitrogens with zero attached hydrogens (tertiary/aromatic N) is 8. The Bertz CT molecular complexity index is 4510. The Morgan fingerprint density at radius 2 is 0.661 bits per heavy atom. The van der Waals surface area contributed by atoms with Gasteiger partial charge in [0.15, 0.2) is 0 Å². The molecule has 26 heteroatoms. The molecule has 630 valence electrons. The number of rotatable bonds is 21. The molecule has 5 saturated heterocycles. The number of nitrogens with two attached hydrogens (primary N) is 1. The molecular weight excluding hydrogens is 1710 g/mol. The van der Waals surface area contributed by atoms with Crippen LogP contribution >= 0.6 is 22.6 Å². The van der Waals surface area contributed by atoms with Crippen molar-refractivity contribution >= 4 is 63.6 Å². The van der Waals surface area contributed by atoms with Crippen LogP contribution in [-0.4, -0.2) is 124 Å². The topological polar surface area (TPSA) is 218 Å². The first-order chi connectivity index (χ1) is 56.3. The zero-order chi connectivity index (χ0) is 82.6. The second-order valence-corrected chi connectivity index (χ2v) is 29.8. The Morgan fingerprint density at radius 3 is 0.898 bits per heavy atom. The summed E-state index contributed by atoms with van der Waals surface area (Å²) < 4.78 is 100. The van der Waals surface area contributed by atoms with Crippen molar-refractivity contribution in [1.82, 2.24) is 0 Å². The second-order valence-electron chi connectivity index (χ2n) is 28.7. The third-order valence-corrected chi connectivity index (χ3v) is 21.8. The van der Waals surface area contributed by atoms with Crippen LogP contribution in [0, 0.1) is 40.1 Å². The smallest absolute Gasteiger partial charge is 0.423 e. The minimum absolute atomic E-state index is 0. The van der Waals surface area contributed by atoms with Crippen molar-refractivity contribution in [1.29, 1.82) is 0 Å². The maximum Gasteiger partial charge on any atom is 0.488 e. The van der Waals surface area contributed by atoms with Gasteiger partial charge in [-0.2, -0.15) is 0 Å². The normalized spacial score (nSPS) is 17.1. The molecule has 10 aromatic rings. The van der Waals surface area contributed by atoms with Gasteiger partial charge in [-0.05, 0) is 213 Å². The van der Waals surface area contributed by atoms with Gasteiger partial charge in [-0.25, -0.2) is 22.0 Å². The van der Waals surface area contributed by atoms with Gasteiger partial charge in [0.1, 0.15) is 62.7 Å².